The third-order valence-electron chi connectivity index (χ3n) is 5.75. The minimum atomic E-state index is -2.94. The van der Waals surface area contributed by atoms with Gasteiger partial charge in [0, 0.05) is 36.0 Å². The van der Waals surface area contributed by atoms with Crippen molar-refractivity contribution in [2.75, 3.05) is 19.3 Å². The van der Waals surface area contributed by atoms with E-state index in [4.69, 9.17) is 4.74 Å². The number of nitrogens with one attached hydrogen (secondary N) is 1. The van der Waals surface area contributed by atoms with Crippen LogP contribution in [-0.2, 0) is 16.4 Å². The van der Waals surface area contributed by atoms with Crippen molar-refractivity contribution in [2.24, 2.45) is 0 Å². The number of hydrogen-bond acceptors (Lipinski definition) is 6. The predicted molar refractivity (Wildman–Crippen MR) is 121 cm³/mol. The Balaban J connectivity index is 1.29. The van der Waals surface area contributed by atoms with Gasteiger partial charge in [-0.25, -0.2) is 13.4 Å². The molecule has 5 rings (SSSR count). The number of para-hydroxylation sites is 1. The highest BCUT2D eigenvalue weighted by Gasteiger charge is 2.26. The third-order valence-corrected chi connectivity index (χ3v) is 8.35. The van der Waals surface area contributed by atoms with E-state index in [9.17, 15) is 8.42 Å². The van der Waals surface area contributed by atoms with E-state index in [1.165, 1.54) is 23.2 Å². The lowest BCUT2D eigenvalue weighted by Crippen LogP contribution is -2.38. The van der Waals surface area contributed by atoms with Crippen molar-refractivity contribution in [1.29, 1.82) is 0 Å². The molecule has 8 heteroatoms. The molecule has 0 radical (unpaired) electrons. The topological polar surface area (TPSA) is 75.3 Å². The van der Waals surface area contributed by atoms with Crippen LogP contribution in [-0.4, -0.2) is 47.9 Å². The van der Waals surface area contributed by atoms with E-state index in [2.05, 4.69) is 20.9 Å². The molecular weight excluding hydrogens is 418 g/mol. The number of thiazole rings is 1. The zero-order chi connectivity index (χ0) is 20.7. The maximum absolute atomic E-state index is 11.8. The molecule has 3 heterocycles. The van der Waals surface area contributed by atoms with E-state index < -0.39 is 9.84 Å². The number of likely N-dealkylation sites (tertiary alicyclic amines) is 1. The molecule has 1 aliphatic heterocycles. The van der Waals surface area contributed by atoms with Crippen molar-refractivity contribution in [3.8, 4) is 10.9 Å². The summed E-state index contributed by atoms with van der Waals surface area (Å²) in [5, 5.41) is 1.60. The number of rotatable bonds is 5. The van der Waals surface area contributed by atoms with Crippen LogP contribution in [0.25, 0.3) is 21.1 Å². The summed E-state index contributed by atoms with van der Waals surface area (Å²) in [5.41, 5.74) is 3.18. The Morgan fingerprint density at radius 2 is 2.00 bits per heavy atom. The summed E-state index contributed by atoms with van der Waals surface area (Å²) in [4.78, 5) is 10.2. The second-order valence-corrected chi connectivity index (χ2v) is 11.2. The van der Waals surface area contributed by atoms with Crippen LogP contribution in [0.1, 0.15) is 18.4 Å². The van der Waals surface area contributed by atoms with Gasteiger partial charge in [0.25, 0.3) is 5.19 Å². The minimum absolute atomic E-state index is 0.195. The highest BCUT2D eigenvalue weighted by molar-refractivity contribution is 7.91. The second kappa shape index (κ2) is 7.68. The summed E-state index contributed by atoms with van der Waals surface area (Å²) in [6.45, 7) is 2.43. The number of hydrogen-bond donors (Lipinski definition) is 1. The maximum atomic E-state index is 11.8. The van der Waals surface area contributed by atoms with Gasteiger partial charge in [0.15, 0.2) is 0 Å². The van der Waals surface area contributed by atoms with Gasteiger partial charge in [0.1, 0.15) is 15.6 Å². The van der Waals surface area contributed by atoms with E-state index in [-0.39, 0.29) is 5.25 Å². The maximum Gasteiger partial charge on any atom is 0.279 e. The summed E-state index contributed by atoms with van der Waals surface area (Å²) in [5.74, 6) is 0.754. The fourth-order valence-electron chi connectivity index (χ4n) is 4.09. The smallest absolute Gasteiger partial charge is 0.279 e. The van der Waals surface area contributed by atoms with Crippen LogP contribution < -0.4 is 4.74 Å². The van der Waals surface area contributed by atoms with Gasteiger partial charge in [-0.3, -0.25) is 4.90 Å². The van der Waals surface area contributed by atoms with Crippen LogP contribution in [0.2, 0.25) is 0 Å². The summed E-state index contributed by atoms with van der Waals surface area (Å²) < 4.78 is 30.6. The predicted octanol–water partition coefficient (Wildman–Crippen LogP) is 4.58. The number of nitrogens with zero attached hydrogens (tertiary/aromatic N) is 2. The summed E-state index contributed by atoms with van der Waals surface area (Å²) in [7, 11) is -2.94. The minimum Gasteiger partial charge on any atom is -0.431 e. The molecule has 0 unspecified atom stereocenters. The molecule has 1 aliphatic rings. The molecule has 0 saturated carbocycles. The van der Waals surface area contributed by atoms with E-state index in [0.29, 0.717) is 18.0 Å². The number of piperidine rings is 1. The van der Waals surface area contributed by atoms with E-state index in [0.717, 1.165) is 46.5 Å². The van der Waals surface area contributed by atoms with Gasteiger partial charge in [0.2, 0.25) is 0 Å². The Hall–Kier alpha value is -2.42. The number of aromatic nitrogens is 2. The lowest BCUT2D eigenvalue weighted by Gasteiger charge is -2.30. The van der Waals surface area contributed by atoms with Gasteiger partial charge in [-0.1, -0.05) is 23.5 Å². The Morgan fingerprint density at radius 3 is 2.77 bits per heavy atom. The van der Waals surface area contributed by atoms with Crippen LogP contribution in [0.3, 0.4) is 0 Å². The molecule has 6 nitrogen and oxygen atoms in total. The molecule has 30 heavy (non-hydrogen) atoms. The highest BCUT2D eigenvalue weighted by atomic mass is 32.2. The first-order valence-electron chi connectivity index (χ1n) is 10.0. The normalized spacial score (nSPS) is 16.4. The van der Waals surface area contributed by atoms with Crippen molar-refractivity contribution in [3.63, 3.8) is 0 Å². The Kier molecular flexibility index (Phi) is 5.00. The van der Waals surface area contributed by atoms with Gasteiger partial charge >= 0.3 is 0 Å². The quantitative estimate of drug-likeness (QED) is 0.491. The largest absolute Gasteiger partial charge is 0.431 e. The molecule has 1 saturated heterocycles. The summed E-state index contributed by atoms with van der Waals surface area (Å²) >= 11 is 1.53. The molecule has 0 amide bonds. The molecule has 0 atom stereocenters. The van der Waals surface area contributed by atoms with Crippen molar-refractivity contribution < 1.29 is 13.2 Å². The molecule has 1 N–H and O–H groups in total. The van der Waals surface area contributed by atoms with Gasteiger partial charge in [-0.15, -0.1) is 0 Å². The van der Waals surface area contributed by atoms with Gasteiger partial charge in [-0.2, -0.15) is 0 Å². The molecule has 4 aromatic rings. The lowest BCUT2D eigenvalue weighted by atomic mass is 10.1. The number of aromatic amines is 1. The fraction of sp³-hybridized carbons (Fsp3) is 0.318. The summed E-state index contributed by atoms with van der Waals surface area (Å²) in [6, 6.07) is 14.1. The molecule has 2 aromatic carbocycles. The van der Waals surface area contributed by atoms with Crippen LogP contribution >= 0.6 is 11.3 Å². The monoisotopic (exact) mass is 441 g/mol. The van der Waals surface area contributed by atoms with Crippen LogP contribution in [0.4, 0.5) is 0 Å². The van der Waals surface area contributed by atoms with E-state index in [1.54, 1.807) is 0 Å². The number of ether oxygens (including phenoxy) is 1. The Labute approximate surface area is 179 Å². The SMILES string of the molecule is CS(=O)(=O)C1CCN(Cc2c[nH]c3cc(Oc4nc5ccccc5s4)ccc23)CC1. The zero-order valence-corrected chi connectivity index (χ0v) is 18.3. The standard InChI is InChI=1S/C22H23N3O3S2/c1-30(26,27)17-8-10-25(11-9-17)14-15-13-23-20-12-16(6-7-18(15)20)28-22-24-19-4-2-3-5-21(19)29-22/h2-7,12-13,17,23H,8-11,14H2,1H3. The van der Waals surface area contributed by atoms with Gasteiger partial charge < -0.3 is 9.72 Å². The molecular formula is C22H23N3O3S2. The molecule has 2 aromatic heterocycles. The van der Waals surface area contributed by atoms with Gasteiger partial charge in [-0.05, 0) is 55.8 Å². The van der Waals surface area contributed by atoms with Crippen molar-refractivity contribution in [3.05, 3.63) is 54.2 Å². The Bertz CT molecular complexity index is 1270. The second-order valence-electron chi connectivity index (χ2n) is 7.88. The molecule has 1 fully saturated rings. The molecule has 0 spiro atoms. The van der Waals surface area contributed by atoms with Crippen LogP contribution in [0.5, 0.6) is 10.9 Å². The average molecular weight is 442 g/mol. The van der Waals surface area contributed by atoms with Crippen molar-refractivity contribution in [2.45, 2.75) is 24.6 Å². The van der Waals surface area contributed by atoms with Crippen molar-refractivity contribution >= 4 is 42.3 Å². The number of benzene rings is 2. The number of fused-ring (bicyclic) bond motifs is 2. The number of H-pyrrole nitrogens is 1. The number of sulfone groups is 1. The molecule has 156 valence electrons. The zero-order valence-electron chi connectivity index (χ0n) is 16.7. The van der Waals surface area contributed by atoms with E-state index in [1.807, 2.05) is 42.6 Å². The molecule has 0 bridgehead atoms. The highest BCUT2D eigenvalue weighted by Crippen LogP contribution is 2.33. The van der Waals surface area contributed by atoms with E-state index >= 15 is 0 Å². The third kappa shape index (κ3) is 3.95. The first-order valence-corrected chi connectivity index (χ1v) is 12.8. The molecule has 0 aliphatic carbocycles. The fourth-order valence-corrected chi connectivity index (χ4v) is 5.99. The van der Waals surface area contributed by atoms with Gasteiger partial charge in [0.05, 0.1) is 15.5 Å². The summed E-state index contributed by atoms with van der Waals surface area (Å²) in [6.07, 6.45) is 4.80. The van der Waals surface area contributed by atoms with Crippen LogP contribution in [0.15, 0.2) is 48.7 Å². The average Bonchev–Trinajstić information content (AvgIpc) is 3.31. The first kappa shape index (κ1) is 19.5. The van der Waals surface area contributed by atoms with Crippen molar-refractivity contribution in [1.82, 2.24) is 14.9 Å². The van der Waals surface area contributed by atoms with Crippen LogP contribution in [0, 0.1) is 0 Å². The first-order chi connectivity index (χ1) is 14.5. The lowest BCUT2D eigenvalue weighted by molar-refractivity contribution is 0.223. The Morgan fingerprint density at radius 1 is 1.20 bits per heavy atom.